The lowest BCUT2D eigenvalue weighted by molar-refractivity contribution is 0.0270. The van der Waals surface area contributed by atoms with E-state index in [0.717, 1.165) is 19.4 Å². The van der Waals surface area contributed by atoms with Crippen molar-refractivity contribution in [3.63, 3.8) is 0 Å². The molecular formula is C14H23N3O3. The zero-order valence-electron chi connectivity index (χ0n) is 12.5. The smallest absolute Gasteiger partial charge is 0.276 e. The standard InChI is InChI=1S/C14H23N3O3/c1-11-10-13(15-20-11)14(18)17(7-6-16(2)3)12-4-8-19-9-5-12/h10,12H,4-9H2,1-3H3. The van der Waals surface area contributed by atoms with Crippen LogP contribution in [0.25, 0.3) is 0 Å². The van der Waals surface area contributed by atoms with Gasteiger partial charge in [0.2, 0.25) is 0 Å². The number of rotatable bonds is 5. The van der Waals surface area contributed by atoms with Gasteiger partial charge in [-0.1, -0.05) is 5.16 Å². The maximum absolute atomic E-state index is 12.6. The minimum Gasteiger partial charge on any atom is -0.381 e. The van der Waals surface area contributed by atoms with E-state index in [1.807, 2.05) is 19.0 Å². The second-order valence-electron chi connectivity index (χ2n) is 5.47. The Morgan fingerprint density at radius 1 is 1.35 bits per heavy atom. The Hall–Kier alpha value is -1.40. The van der Waals surface area contributed by atoms with Gasteiger partial charge in [0.15, 0.2) is 5.69 Å². The van der Waals surface area contributed by atoms with Gasteiger partial charge < -0.3 is 19.1 Å². The highest BCUT2D eigenvalue weighted by atomic mass is 16.5. The van der Waals surface area contributed by atoms with Crippen LogP contribution in [0, 0.1) is 6.92 Å². The molecule has 0 radical (unpaired) electrons. The predicted molar refractivity (Wildman–Crippen MR) is 74.7 cm³/mol. The Balaban J connectivity index is 2.09. The van der Waals surface area contributed by atoms with Crippen LogP contribution in [0.4, 0.5) is 0 Å². The summed E-state index contributed by atoms with van der Waals surface area (Å²) in [7, 11) is 4.01. The first-order chi connectivity index (χ1) is 9.58. The average molecular weight is 281 g/mol. The summed E-state index contributed by atoms with van der Waals surface area (Å²) >= 11 is 0. The minimum absolute atomic E-state index is 0.0457. The van der Waals surface area contributed by atoms with E-state index >= 15 is 0 Å². The molecule has 0 N–H and O–H groups in total. The van der Waals surface area contributed by atoms with Gasteiger partial charge in [0.1, 0.15) is 5.76 Å². The molecule has 0 saturated carbocycles. The van der Waals surface area contributed by atoms with Crippen LogP contribution < -0.4 is 0 Å². The monoisotopic (exact) mass is 281 g/mol. The van der Waals surface area contributed by atoms with Crippen LogP contribution in [0.3, 0.4) is 0 Å². The van der Waals surface area contributed by atoms with Crippen LogP contribution in [0.1, 0.15) is 29.1 Å². The van der Waals surface area contributed by atoms with Gasteiger partial charge in [-0.3, -0.25) is 4.79 Å². The number of hydrogen-bond acceptors (Lipinski definition) is 5. The molecule has 20 heavy (non-hydrogen) atoms. The molecule has 6 nitrogen and oxygen atoms in total. The molecule has 0 aromatic carbocycles. The molecule has 1 fully saturated rings. The third kappa shape index (κ3) is 3.80. The van der Waals surface area contributed by atoms with Crippen molar-refractivity contribution in [3.8, 4) is 0 Å². The fourth-order valence-corrected chi connectivity index (χ4v) is 2.37. The molecule has 1 aliphatic heterocycles. The number of carbonyl (C=O) groups excluding carboxylic acids is 1. The molecule has 1 aliphatic rings. The number of amides is 1. The minimum atomic E-state index is -0.0457. The lowest BCUT2D eigenvalue weighted by atomic mass is 10.1. The van der Waals surface area contributed by atoms with Crippen molar-refractivity contribution < 1.29 is 14.1 Å². The molecule has 2 rings (SSSR count). The van der Waals surface area contributed by atoms with Crippen LogP contribution in [-0.4, -0.2) is 67.3 Å². The van der Waals surface area contributed by atoms with Crippen molar-refractivity contribution in [3.05, 3.63) is 17.5 Å². The van der Waals surface area contributed by atoms with E-state index in [4.69, 9.17) is 9.26 Å². The van der Waals surface area contributed by atoms with Gasteiger partial charge in [0, 0.05) is 38.4 Å². The molecule has 0 aliphatic carbocycles. The van der Waals surface area contributed by atoms with Crippen LogP contribution in [0.15, 0.2) is 10.6 Å². The molecular weight excluding hydrogens is 258 g/mol. The molecule has 1 aromatic rings. The van der Waals surface area contributed by atoms with Crippen LogP contribution in [0.5, 0.6) is 0 Å². The first-order valence-electron chi connectivity index (χ1n) is 7.04. The summed E-state index contributed by atoms with van der Waals surface area (Å²) in [5, 5.41) is 3.85. The second-order valence-corrected chi connectivity index (χ2v) is 5.47. The zero-order chi connectivity index (χ0) is 14.5. The van der Waals surface area contributed by atoms with E-state index in [1.54, 1.807) is 13.0 Å². The molecule has 6 heteroatoms. The van der Waals surface area contributed by atoms with Crippen LogP contribution >= 0.6 is 0 Å². The van der Waals surface area contributed by atoms with E-state index < -0.39 is 0 Å². The van der Waals surface area contributed by atoms with Crippen molar-refractivity contribution in [2.45, 2.75) is 25.8 Å². The molecule has 0 spiro atoms. The lowest BCUT2D eigenvalue weighted by Gasteiger charge is -2.34. The Kier molecular flexibility index (Phi) is 5.14. The van der Waals surface area contributed by atoms with Gasteiger partial charge >= 0.3 is 0 Å². The third-order valence-electron chi connectivity index (χ3n) is 3.53. The van der Waals surface area contributed by atoms with E-state index in [-0.39, 0.29) is 11.9 Å². The summed E-state index contributed by atoms with van der Waals surface area (Å²) in [6, 6.07) is 1.93. The topological polar surface area (TPSA) is 58.8 Å². The number of nitrogens with zero attached hydrogens (tertiary/aromatic N) is 3. The lowest BCUT2D eigenvalue weighted by Crippen LogP contribution is -2.46. The first kappa shape index (κ1) is 15.0. The average Bonchev–Trinajstić information content (AvgIpc) is 2.86. The molecule has 0 atom stereocenters. The van der Waals surface area contributed by atoms with E-state index in [0.29, 0.717) is 31.2 Å². The zero-order valence-corrected chi connectivity index (χ0v) is 12.5. The Morgan fingerprint density at radius 3 is 2.60 bits per heavy atom. The largest absolute Gasteiger partial charge is 0.381 e. The molecule has 0 unspecified atom stereocenters. The molecule has 1 aromatic heterocycles. The Bertz CT molecular complexity index is 439. The Morgan fingerprint density at radius 2 is 2.05 bits per heavy atom. The summed E-state index contributed by atoms with van der Waals surface area (Å²) in [4.78, 5) is 16.6. The van der Waals surface area contributed by atoms with Gasteiger partial charge in [-0.25, -0.2) is 0 Å². The van der Waals surface area contributed by atoms with E-state index in [9.17, 15) is 4.79 Å². The highest BCUT2D eigenvalue weighted by molar-refractivity contribution is 5.92. The van der Waals surface area contributed by atoms with Crippen molar-refractivity contribution >= 4 is 5.91 Å². The van der Waals surface area contributed by atoms with Crippen molar-refractivity contribution in [2.75, 3.05) is 40.4 Å². The molecule has 1 amide bonds. The summed E-state index contributed by atoms with van der Waals surface area (Å²) in [6.07, 6.45) is 1.77. The van der Waals surface area contributed by atoms with E-state index in [2.05, 4.69) is 10.1 Å². The summed E-state index contributed by atoms with van der Waals surface area (Å²) in [5.74, 6) is 0.614. The summed E-state index contributed by atoms with van der Waals surface area (Å²) < 4.78 is 10.4. The molecule has 2 heterocycles. The number of aromatic nitrogens is 1. The first-order valence-corrected chi connectivity index (χ1v) is 7.04. The maximum atomic E-state index is 12.6. The van der Waals surface area contributed by atoms with Gasteiger partial charge in [-0.2, -0.15) is 0 Å². The van der Waals surface area contributed by atoms with Gasteiger partial charge in [-0.05, 0) is 33.9 Å². The second kappa shape index (κ2) is 6.85. The van der Waals surface area contributed by atoms with Crippen LogP contribution in [-0.2, 0) is 4.74 Å². The van der Waals surface area contributed by atoms with Crippen LogP contribution in [0.2, 0.25) is 0 Å². The fraction of sp³-hybridized carbons (Fsp3) is 0.714. The number of hydrogen-bond donors (Lipinski definition) is 0. The highest BCUT2D eigenvalue weighted by Crippen LogP contribution is 2.17. The van der Waals surface area contributed by atoms with Crippen molar-refractivity contribution in [1.82, 2.24) is 15.0 Å². The van der Waals surface area contributed by atoms with Gasteiger partial charge in [-0.15, -0.1) is 0 Å². The number of likely N-dealkylation sites (N-methyl/N-ethyl adjacent to an activating group) is 1. The molecule has 0 bridgehead atoms. The quantitative estimate of drug-likeness (QED) is 0.810. The Labute approximate surface area is 119 Å². The molecule has 1 saturated heterocycles. The highest BCUT2D eigenvalue weighted by Gasteiger charge is 2.28. The fourth-order valence-electron chi connectivity index (χ4n) is 2.37. The van der Waals surface area contributed by atoms with Gasteiger partial charge in [0.25, 0.3) is 5.91 Å². The number of aryl methyl sites for hydroxylation is 1. The molecule has 112 valence electrons. The van der Waals surface area contributed by atoms with E-state index in [1.165, 1.54) is 0 Å². The number of carbonyl (C=O) groups is 1. The SMILES string of the molecule is Cc1cc(C(=O)N(CCN(C)C)C2CCOCC2)no1. The van der Waals surface area contributed by atoms with Crippen molar-refractivity contribution in [2.24, 2.45) is 0 Å². The maximum Gasteiger partial charge on any atom is 0.276 e. The van der Waals surface area contributed by atoms with Crippen molar-refractivity contribution in [1.29, 1.82) is 0 Å². The number of ether oxygens (including phenoxy) is 1. The summed E-state index contributed by atoms with van der Waals surface area (Å²) in [6.45, 7) is 4.76. The third-order valence-corrected chi connectivity index (χ3v) is 3.53. The normalized spacial score (nSPS) is 16.6. The summed E-state index contributed by atoms with van der Waals surface area (Å²) in [5.41, 5.74) is 0.396. The predicted octanol–water partition coefficient (Wildman–Crippen LogP) is 1.17. The van der Waals surface area contributed by atoms with Gasteiger partial charge in [0.05, 0.1) is 0 Å².